The molecule has 1 unspecified atom stereocenters. The number of aliphatic hydroxyl groups is 1. The quantitative estimate of drug-likeness (QED) is 0.379. The summed E-state index contributed by atoms with van der Waals surface area (Å²) in [5.74, 6) is -1.11. The molecule has 1 aliphatic rings. The molecule has 172 valence electrons. The van der Waals surface area contributed by atoms with Gasteiger partial charge in [0.2, 0.25) is 5.78 Å². The van der Waals surface area contributed by atoms with E-state index in [4.69, 9.17) is 13.9 Å². The second-order valence-corrected chi connectivity index (χ2v) is 7.92. The molecule has 1 N–H and O–H groups in total. The van der Waals surface area contributed by atoms with Crippen LogP contribution in [0.2, 0.25) is 0 Å². The summed E-state index contributed by atoms with van der Waals surface area (Å²) in [6.45, 7) is 2.85. The molecule has 1 amide bonds. The summed E-state index contributed by atoms with van der Waals surface area (Å²) >= 11 is 0. The maximum Gasteiger partial charge on any atom is 0.290 e. The summed E-state index contributed by atoms with van der Waals surface area (Å²) < 4.78 is 16.3. The Labute approximate surface area is 192 Å². The molecule has 33 heavy (non-hydrogen) atoms. The van der Waals surface area contributed by atoms with E-state index in [1.165, 1.54) is 12.0 Å². The number of nitrogens with zero attached hydrogens (tertiary/aromatic N) is 1. The molecule has 0 bridgehead atoms. The Bertz CT molecular complexity index is 1210. The van der Waals surface area contributed by atoms with Gasteiger partial charge in [0.15, 0.2) is 22.9 Å². The number of methoxy groups -OCH3 is 2. The van der Waals surface area contributed by atoms with Crippen molar-refractivity contribution in [3.63, 3.8) is 0 Å². The number of para-hydroxylation sites is 1. The molecule has 0 saturated heterocycles. The number of furan rings is 1. The maximum atomic E-state index is 13.6. The van der Waals surface area contributed by atoms with Gasteiger partial charge in [-0.15, -0.1) is 0 Å². The SMILES string of the molecule is CCc1ccc(C2C(C(=O)c3cc4cccc(OC)c4o3)=C(O)C(=O)N2CCCOC)cc1. The van der Waals surface area contributed by atoms with Crippen LogP contribution in [0.5, 0.6) is 5.75 Å². The molecule has 2 heterocycles. The van der Waals surface area contributed by atoms with Crippen molar-refractivity contribution in [2.24, 2.45) is 0 Å². The van der Waals surface area contributed by atoms with Crippen LogP contribution in [0.15, 0.2) is 64.3 Å². The van der Waals surface area contributed by atoms with Crippen LogP contribution in [0, 0.1) is 0 Å². The van der Waals surface area contributed by atoms with Gasteiger partial charge >= 0.3 is 0 Å². The third-order valence-corrected chi connectivity index (χ3v) is 5.95. The maximum absolute atomic E-state index is 13.6. The van der Waals surface area contributed by atoms with Crippen LogP contribution in [0.25, 0.3) is 11.0 Å². The highest BCUT2D eigenvalue weighted by Crippen LogP contribution is 2.40. The van der Waals surface area contributed by atoms with E-state index < -0.39 is 23.5 Å². The zero-order valence-corrected chi connectivity index (χ0v) is 19.0. The number of hydrogen-bond donors (Lipinski definition) is 1. The molecular weight excluding hydrogens is 422 g/mol. The molecule has 1 atom stereocenters. The monoisotopic (exact) mass is 449 g/mol. The summed E-state index contributed by atoms with van der Waals surface area (Å²) in [5.41, 5.74) is 2.34. The topological polar surface area (TPSA) is 89.2 Å². The second-order valence-electron chi connectivity index (χ2n) is 7.92. The van der Waals surface area contributed by atoms with Crippen LogP contribution >= 0.6 is 0 Å². The number of Topliss-reactive ketones (excluding diaryl/α,β-unsaturated/α-hetero) is 1. The zero-order valence-electron chi connectivity index (χ0n) is 19.0. The number of aliphatic hydroxyl groups excluding tert-OH is 1. The van der Waals surface area contributed by atoms with Gasteiger partial charge in [0.1, 0.15) is 0 Å². The molecule has 7 heteroatoms. The minimum atomic E-state index is -0.720. The fraction of sp³-hybridized carbons (Fsp3) is 0.308. The number of ketones is 1. The van der Waals surface area contributed by atoms with E-state index in [-0.39, 0.29) is 11.3 Å². The zero-order chi connectivity index (χ0) is 23.5. The molecule has 0 aliphatic carbocycles. The summed E-state index contributed by atoms with van der Waals surface area (Å²) in [5, 5.41) is 11.5. The van der Waals surface area contributed by atoms with Crippen LogP contribution in [0.3, 0.4) is 0 Å². The lowest BCUT2D eigenvalue weighted by Crippen LogP contribution is -2.32. The van der Waals surface area contributed by atoms with E-state index in [2.05, 4.69) is 6.92 Å². The average molecular weight is 450 g/mol. The molecule has 1 aromatic heterocycles. The highest BCUT2D eigenvalue weighted by atomic mass is 16.5. The molecular formula is C26H27NO6. The summed E-state index contributed by atoms with van der Waals surface area (Å²) in [6.07, 6.45) is 1.44. The van der Waals surface area contributed by atoms with Crippen LogP contribution in [-0.2, 0) is 16.0 Å². The minimum absolute atomic E-state index is 0.0136. The summed E-state index contributed by atoms with van der Waals surface area (Å²) in [7, 11) is 3.12. The standard InChI is InChI=1S/C26H27NO6/c1-4-16-9-11-17(12-10-16)22-21(24(29)26(30)27(22)13-6-14-31-2)23(28)20-15-18-7-5-8-19(32-3)25(18)33-20/h5,7-12,15,22,29H,4,6,13-14H2,1-3H3. The molecule has 0 spiro atoms. The molecule has 0 radical (unpaired) electrons. The lowest BCUT2D eigenvalue weighted by molar-refractivity contribution is -0.129. The number of ether oxygens (including phenoxy) is 2. The van der Waals surface area contributed by atoms with Crippen molar-refractivity contribution in [2.45, 2.75) is 25.8 Å². The Kier molecular flexibility index (Phi) is 6.51. The van der Waals surface area contributed by atoms with Gasteiger partial charge in [-0.2, -0.15) is 0 Å². The van der Waals surface area contributed by atoms with Crippen molar-refractivity contribution in [2.75, 3.05) is 27.4 Å². The van der Waals surface area contributed by atoms with Crippen molar-refractivity contribution in [1.82, 2.24) is 4.90 Å². The summed E-state index contributed by atoms with van der Waals surface area (Å²) in [4.78, 5) is 28.1. The number of amides is 1. The fourth-order valence-electron chi connectivity index (χ4n) is 4.22. The van der Waals surface area contributed by atoms with E-state index in [0.717, 1.165) is 17.5 Å². The highest BCUT2D eigenvalue weighted by molar-refractivity contribution is 6.16. The lowest BCUT2D eigenvalue weighted by Gasteiger charge is -2.26. The molecule has 7 nitrogen and oxygen atoms in total. The predicted molar refractivity (Wildman–Crippen MR) is 124 cm³/mol. The van der Waals surface area contributed by atoms with Gasteiger partial charge in [-0.1, -0.05) is 43.3 Å². The molecule has 4 rings (SSSR count). The van der Waals surface area contributed by atoms with E-state index in [0.29, 0.717) is 36.3 Å². The van der Waals surface area contributed by atoms with Gasteiger partial charge in [-0.25, -0.2) is 0 Å². The second kappa shape index (κ2) is 9.50. The molecule has 2 aromatic carbocycles. The third kappa shape index (κ3) is 4.12. The van der Waals surface area contributed by atoms with Crippen molar-refractivity contribution >= 4 is 22.7 Å². The third-order valence-electron chi connectivity index (χ3n) is 5.95. The van der Waals surface area contributed by atoms with Crippen molar-refractivity contribution in [1.29, 1.82) is 0 Å². The lowest BCUT2D eigenvalue weighted by atomic mass is 9.94. The first-order chi connectivity index (χ1) is 16.0. The van der Waals surface area contributed by atoms with Crippen LogP contribution in [0.1, 0.15) is 41.1 Å². The van der Waals surface area contributed by atoms with Crippen molar-refractivity contribution in [3.05, 3.63) is 76.8 Å². The van der Waals surface area contributed by atoms with Crippen LogP contribution in [0.4, 0.5) is 0 Å². The first-order valence-corrected chi connectivity index (χ1v) is 10.9. The predicted octanol–water partition coefficient (Wildman–Crippen LogP) is 4.62. The normalized spacial score (nSPS) is 16.2. The Morgan fingerprint density at radius 1 is 1.15 bits per heavy atom. The van der Waals surface area contributed by atoms with Gasteiger partial charge in [0.05, 0.1) is 18.7 Å². The number of aryl methyl sites for hydroxylation is 1. The highest BCUT2D eigenvalue weighted by Gasteiger charge is 2.44. The average Bonchev–Trinajstić information content (AvgIpc) is 3.39. The smallest absolute Gasteiger partial charge is 0.290 e. The van der Waals surface area contributed by atoms with E-state index in [1.54, 1.807) is 25.3 Å². The van der Waals surface area contributed by atoms with Gasteiger partial charge in [0.25, 0.3) is 5.91 Å². The van der Waals surface area contributed by atoms with E-state index >= 15 is 0 Å². The minimum Gasteiger partial charge on any atom is -0.503 e. The van der Waals surface area contributed by atoms with Crippen LogP contribution in [-0.4, -0.2) is 49.1 Å². The van der Waals surface area contributed by atoms with Gasteiger partial charge in [-0.3, -0.25) is 9.59 Å². The fourth-order valence-corrected chi connectivity index (χ4v) is 4.22. The molecule has 0 saturated carbocycles. The number of carbonyl (C=O) groups excluding carboxylic acids is 2. The van der Waals surface area contributed by atoms with E-state index in [1.807, 2.05) is 30.3 Å². The van der Waals surface area contributed by atoms with Gasteiger partial charge < -0.3 is 23.9 Å². The number of carbonyl (C=O) groups is 2. The van der Waals surface area contributed by atoms with Crippen LogP contribution < -0.4 is 4.74 Å². The van der Waals surface area contributed by atoms with Gasteiger partial charge in [-0.05, 0) is 36.1 Å². The Balaban J connectivity index is 1.77. The summed E-state index contributed by atoms with van der Waals surface area (Å²) in [6, 6.07) is 14.0. The Morgan fingerprint density at radius 3 is 2.58 bits per heavy atom. The number of fused-ring (bicyclic) bond motifs is 1. The number of hydrogen-bond acceptors (Lipinski definition) is 6. The van der Waals surface area contributed by atoms with E-state index in [9.17, 15) is 14.7 Å². The molecule has 1 aliphatic heterocycles. The largest absolute Gasteiger partial charge is 0.503 e. The molecule has 0 fully saturated rings. The first-order valence-electron chi connectivity index (χ1n) is 10.9. The van der Waals surface area contributed by atoms with Gasteiger partial charge in [0, 0.05) is 25.6 Å². The molecule has 3 aromatic rings. The number of benzene rings is 2. The van der Waals surface area contributed by atoms with Crippen molar-refractivity contribution in [3.8, 4) is 5.75 Å². The Morgan fingerprint density at radius 2 is 1.91 bits per heavy atom. The Hall–Kier alpha value is -3.58. The first kappa shape index (κ1) is 22.6. The van der Waals surface area contributed by atoms with Crippen molar-refractivity contribution < 1.29 is 28.6 Å². The number of rotatable bonds is 9.